The second-order valence-electron chi connectivity index (χ2n) is 1.80. The van der Waals surface area contributed by atoms with Crippen LogP contribution in [-0.2, 0) is 0 Å². The minimum Gasteiger partial charge on any atom is -0.476 e. The molecule has 1 heterocycles. The molecule has 0 amide bonds. The number of rotatable bonds is 1. The van der Waals surface area contributed by atoms with E-state index in [0.29, 0.717) is 4.88 Å². The minimum absolute atomic E-state index is 0.0547. The van der Waals surface area contributed by atoms with Gasteiger partial charge in [0.2, 0.25) is 0 Å². The molecular weight excluding hydrogens is 178 g/mol. The Balaban J connectivity index is 2.99. The van der Waals surface area contributed by atoms with Gasteiger partial charge in [0.1, 0.15) is 11.5 Å². The van der Waals surface area contributed by atoms with Gasteiger partial charge in [0.15, 0.2) is 5.69 Å². The molecular formula is C7H5NO3S. The number of hydrogen-bond acceptors (Lipinski definition) is 4. The average molecular weight is 183 g/mol. The number of carboxylic acid groups (broad SMARTS) is 1. The molecule has 0 radical (unpaired) electrons. The fourth-order valence-corrected chi connectivity index (χ4v) is 1.25. The maximum Gasteiger partial charge on any atom is 0.356 e. The molecule has 0 aliphatic heterocycles. The van der Waals surface area contributed by atoms with Crippen molar-refractivity contribution in [1.82, 2.24) is 4.98 Å². The first-order valence-electron chi connectivity index (χ1n) is 3.02. The molecule has 1 aromatic rings. The molecule has 4 nitrogen and oxygen atoms in total. The van der Waals surface area contributed by atoms with Gasteiger partial charge in [-0.25, -0.2) is 9.78 Å². The van der Waals surface area contributed by atoms with Crippen LogP contribution in [0.5, 0.6) is 0 Å². The van der Waals surface area contributed by atoms with Gasteiger partial charge in [0.25, 0.3) is 0 Å². The number of nitrogens with zero attached hydrogens (tertiary/aromatic N) is 1. The fraction of sp³-hybridized carbons (Fsp3) is 0.143. The van der Waals surface area contributed by atoms with Gasteiger partial charge in [-0.05, 0) is 0 Å². The van der Waals surface area contributed by atoms with E-state index < -0.39 is 5.97 Å². The third-order valence-corrected chi connectivity index (χ3v) is 1.79. The van der Waals surface area contributed by atoms with E-state index in [-0.39, 0.29) is 12.3 Å². The van der Waals surface area contributed by atoms with Crippen LogP contribution in [0.25, 0.3) is 0 Å². The summed E-state index contributed by atoms with van der Waals surface area (Å²) in [6, 6.07) is 0. The molecule has 0 spiro atoms. The van der Waals surface area contributed by atoms with Gasteiger partial charge in [-0.2, -0.15) is 0 Å². The van der Waals surface area contributed by atoms with Crippen LogP contribution in [0, 0.1) is 11.8 Å². The smallest absolute Gasteiger partial charge is 0.356 e. The Kier molecular flexibility index (Phi) is 2.80. The zero-order chi connectivity index (χ0) is 8.97. The van der Waals surface area contributed by atoms with Crippen LogP contribution in [0.2, 0.25) is 0 Å². The van der Waals surface area contributed by atoms with Crippen LogP contribution in [0.4, 0.5) is 0 Å². The molecule has 12 heavy (non-hydrogen) atoms. The van der Waals surface area contributed by atoms with Gasteiger partial charge in [-0.1, -0.05) is 11.8 Å². The molecule has 0 unspecified atom stereocenters. The van der Waals surface area contributed by atoms with Crippen LogP contribution in [-0.4, -0.2) is 27.8 Å². The second-order valence-corrected chi connectivity index (χ2v) is 2.65. The van der Waals surface area contributed by atoms with Crippen molar-refractivity contribution >= 4 is 17.3 Å². The Labute approximate surface area is 72.5 Å². The van der Waals surface area contributed by atoms with Gasteiger partial charge in [-0.15, -0.1) is 11.3 Å². The van der Waals surface area contributed by atoms with Crippen LogP contribution < -0.4 is 0 Å². The predicted octanol–water partition coefficient (Wildman–Crippen LogP) is 0.185. The van der Waals surface area contributed by atoms with Gasteiger partial charge in [0.05, 0.1) is 5.51 Å². The second kappa shape index (κ2) is 3.85. The van der Waals surface area contributed by atoms with E-state index in [1.54, 1.807) is 0 Å². The third kappa shape index (κ3) is 1.81. The molecule has 0 atom stereocenters. The number of carbonyl (C=O) groups is 1. The molecule has 0 saturated carbocycles. The number of aliphatic hydroxyl groups excluding tert-OH is 1. The minimum atomic E-state index is -1.10. The van der Waals surface area contributed by atoms with E-state index in [2.05, 4.69) is 16.8 Å². The van der Waals surface area contributed by atoms with Crippen molar-refractivity contribution in [3.8, 4) is 11.8 Å². The van der Waals surface area contributed by atoms with E-state index >= 15 is 0 Å². The summed E-state index contributed by atoms with van der Waals surface area (Å²) in [7, 11) is 0. The fourth-order valence-electron chi connectivity index (χ4n) is 0.607. The number of hydrogen-bond donors (Lipinski definition) is 2. The predicted molar refractivity (Wildman–Crippen MR) is 43.0 cm³/mol. The molecule has 1 rings (SSSR count). The van der Waals surface area contributed by atoms with Gasteiger partial charge in [0, 0.05) is 0 Å². The van der Waals surface area contributed by atoms with Gasteiger partial charge >= 0.3 is 5.97 Å². The summed E-state index contributed by atoms with van der Waals surface area (Å²) >= 11 is 1.14. The highest BCUT2D eigenvalue weighted by atomic mass is 32.1. The Hall–Kier alpha value is -1.38. The van der Waals surface area contributed by atoms with Crippen LogP contribution in [0.1, 0.15) is 15.4 Å². The van der Waals surface area contributed by atoms with Crippen molar-refractivity contribution < 1.29 is 15.0 Å². The number of aliphatic hydroxyl groups is 1. The standard InChI is InChI=1S/C7H5NO3S/c9-3-1-2-5-6(7(10)11)8-4-12-5/h4,9H,3H2,(H,10,11). The third-order valence-electron chi connectivity index (χ3n) is 1.05. The lowest BCUT2D eigenvalue weighted by Gasteiger charge is -1.85. The first kappa shape index (κ1) is 8.71. The molecule has 0 bridgehead atoms. The van der Waals surface area contributed by atoms with Crippen molar-refractivity contribution in [2.24, 2.45) is 0 Å². The van der Waals surface area contributed by atoms with Crippen molar-refractivity contribution in [2.75, 3.05) is 6.61 Å². The van der Waals surface area contributed by atoms with E-state index in [1.807, 2.05) is 0 Å². The van der Waals surface area contributed by atoms with E-state index in [0.717, 1.165) is 11.3 Å². The van der Waals surface area contributed by atoms with E-state index in [4.69, 9.17) is 10.2 Å². The van der Waals surface area contributed by atoms with E-state index in [1.165, 1.54) is 5.51 Å². The number of carboxylic acids is 1. The molecule has 0 saturated heterocycles. The highest BCUT2D eigenvalue weighted by Crippen LogP contribution is 2.10. The zero-order valence-corrected chi connectivity index (χ0v) is 6.76. The summed E-state index contributed by atoms with van der Waals surface area (Å²) in [6.07, 6.45) is 0. The maximum absolute atomic E-state index is 10.5. The van der Waals surface area contributed by atoms with Crippen molar-refractivity contribution in [1.29, 1.82) is 0 Å². The zero-order valence-electron chi connectivity index (χ0n) is 5.94. The first-order chi connectivity index (χ1) is 5.75. The molecule has 2 N–H and O–H groups in total. The highest BCUT2D eigenvalue weighted by Gasteiger charge is 2.10. The van der Waals surface area contributed by atoms with Crippen molar-refractivity contribution in [3.05, 3.63) is 16.1 Å². The summed E-state index contributed by atoms with van der Waals surface area (Å²) in [4.78, 5) is 14.4. The lowest BCUT2D eigenvalue weighted by atomic mass is 10.3. The molecule has 0 aliphatic rings. The molecule has 1 aromatic heterocycles. The Morgan fingerprint density at radius 2 is 2.50 bits per heavy atom. The summed E-state index contributed by atoms with van der Waals surface area (Å²) < 4.78 is 0. The van der Waals surface area contributed by atoms with Gasteiger partial charge < -0.3 is 10.2 Å². The monoisotopic (exact) mass is 183 g/mol. The summed E-state index contributed by atoms with van der Waals surface area (Å²) in [5.74, 6) is 3.76. The summed E-state index contributed by atoms with van der Waals surface area (Å²) in [5, 5.41) is 16.9. The average Bonchev–Trinajstić information content (AvgIpc) is 2.48. The topological polar surface area (TPSA) is 70.4 Å². The first-order valence-corrected chi connectivity index (χ1v) is 3.90. The lowest BCUT2D eigenvalue weighted by molar-refractivity contribution is 0.0691. The van der Waals surface area contributed by atoms with Crippen molar-refractivity contribution in [3.63, 3.8) is 0 Å². The Morgan fingerprint density at radius 1 is 1.75 bits per heavy atom. The van der Waals surface area contributed by atoms with Crippen molar-refractivity contribution in [2.45, 2.75) is 0 Å². The normalized spacial score (nSPS) is 8.75. The largest absolute Gasteiger partial charge is 0.476 e. The molecule has 0 aromatic carbocycles. The van der Waals surface area contributed by atoms with Gasteiger partial charge in [-0.3, -0.25) is 0 Å². The van der Waals surface area contributed by atoms with E-state index in [9.17, 15) is 4.79 Å². The lowest BCUT2D eigenvalue weighted by Crippen LogP contribution is -1.98. The molecule has 0 fully saturated rings. The number of thiazole rings is 1. The SMILES string of the molecule is O=C(O)c1ncsc1C#CCO. The Morgan fingerprint density at radius 3 is 3.08 bits per heavy atom. The molecule has 0 aliphatic carbocycles. The highest BCUT2D eigenvalue weighted by molar-refractivity contribution is 7.10. The number of aromatic nitrogens is 1. The molecule has 62 valence electrons. The van der Waals surface area contributed by atoms with Crippen LogP contribution in [0.3, 0.4) is 0 Å². The quantitative estimate of drug-likeness (QED) is 0.609. The van der Waals surface area contributed by atoms with Crippen LogP contribution in [0.15, 0.2) is 5.51 Å². The summed E-state index contributed by atoms with van der Waals surface area (Å²) in [6.45, 7) is -0.281. The maximum atomic E-state index is 10.5. The summed E-state index contributed by atoms with van der Waals surface area (Å²) in [5.41, 5.74) is 1.35. The number of aromatic carboxylic acids is 1. The molecule has 5 heteroatoms. The Bertz CT molecular complexity index is 347. The van der Waals surface area contributed by atoms with Crippen LogP contribution >= 0.6 is 11.3 Å².